The van der Waals surface area contributed by atoms with Crippen LogP contribution in [0.3, 0.4) is 0 Å². The van der Waals surface area contributed by atoms with Gasteiger partial charge in [-0.25, -0.2) is 15.0 Å². The van der Waals surface area contributed by atoms with Crippen molar-refractivity contribution in [2.24, 2.45) is 0 Å². The molecule has 1 N–H and O–H groups in total. The van der Waals surface area contributed by atoms with Gasteiger partial charge in [-0.05, 0) is 62.1 Å². The van der Waals surface area contributed by atoms with E-state index in [0.29, 0.717) is 18.5 Å². The number of piperidine rings is 1. The van der Waals surface area contributed by atoms with Crippen LogP contribution >= 0.6 is 0 Å². The summed E-state index contributed by atoms with van der Waals surface area (Å²) in [6.07, 6.45) is 4.98. The normalized spacial score (nSPS) is 19.4. The van der Waals surface area contributed by atoms with Gasteiger partial charge in [0.15, 0.2) is 5.82 Å². The van der Waals surface area contributed by atoms with Crippen LogP contribution in [0.1, 0.15) is 47.2 Å². The van der Waals surface area contributed by atoms with Gasteiger partial charge in [0, 0.05) is 61.3 Å². The highest BCUT2D eigenvalue weighted by molar-refractivity contribution is 5.57. The van der Waals surface area contributed by atoms with Crippen LogP contribution in [0.25, 0.3) is 11.4 Å². The monoisotopic (exact) mass is 479 g/mol. The molecule has 3 aliphatic heterocycles. The molecule has 0 radical (unpaired) electrons. The maximum atomic E-state index is 4.82. The van der Waals surface area contributed by atoms with Gasteiger partial charge in [-0.2, -0.15) is 5.10 Å². The van der Waals surface area contributed by atoms with E-state index in [1.165, 1.54) is 17.5 Å². The number of aromatic nitrogens is 5. The van der Waals surface area contributed by atoms with Gasteiger partial charge >= 0.3 is 0 Å². The molecule has 4 aromatic rings. The van der Waals surface area contributed by atoms with Crippen molar-refractivity contribution in [1.29, 1.82) is 0 Å². The van der Waals surface area contributed by atoms with Crippen molar-refractivity contribution in [3.8, 4) is 11.4 Å². The van der Waals surface area contributed by atoms with Crippen molar-refractivity contribution >= 4 is 5.82 Å². The minimum absolute atomic E-state index is 0.601. The Kier molecular flexibility index (Phi) is 6.01. The van der Waals surface area contributed by atoms with Crippen molar-refractivity contribution in [3.63, 3.8) is 0 Å². The summed E-state index contributed by atoms with van der Waals surface area (Å²) in [6, 6.07) is 18.6. The first-order valence-corrected chi connectivity index (χ1v) is 12.9. The summed E-state index contributed by atoms with van der Waals surface area (Å²) in [4.78, 5) is 19.4. The molecule has 7 rings (SSSR count). The molecule has 2 bridgehead atoms. The number of nitrogens with zero attached hydrogens (tertiary/aromatic N) is 6. The first-order valence-electron chi connectivity index (χ1n) is 12.9. The molecule has 36 heavy (non-hydrogen) atoms. The lowest BCUT2D eigenvalue weighted by Crippen LogP contribution is -2.68. The molecule has 3 aliphatic rings. The summed E-state index contributed by atoms with van der Waals surface area (Å²) in [7, 11) is 0. The number of nitrogens with one attached hydrogen (secondary N) is 1. The van der Waals surface area contributed by atoms with Gasteiger partial charge in [0.05, 0.1) is 11.4 Å². The molecular formula is C29H33N7. The van der Waals surface area contributed by atoms with Crippen LogP contribution in [0, 0.1) is 13.8 Å². The number of hydrogen-bond acceptors (Lipinski definition) is 6. The van der Waals surface area contributed by atoms with Crippen LogP contribution in [0.4, 0.5) is 5.82 Å². The predicted molar refractivity (Wildman–Crippen MR) is 142 cm³/mol. The molecule has 7 nitrogen and oxygen atoms in total. The number of piperazine rings is 1. The third kappa shape index (κ3) is 4.63. The van der Waals surface area contributed by atoms with Crippen LogP contribution in [-0.4, -0.2) is 55.2 Å². The van der Waals surface area contributed by atoms with E-state index in [2.05, 4.69) is 74.4 Å². The molecule has 0 aliphatic carbocycles. The first kappa shape index (κ1) is 22.9. The number of fused-ring (bicyclic) bond motifs is 2. The fourth-order valence-corrected chi connectivity index (χ4v) is 5.53. The van der Waals surface area contributed by atoms with Gasteiger partial charge in [0.1, 0.15) is 5.82 Å². The van der Waals surface area contributed by atoms with Crippen molar-refractivity contribution in [2.75, 3.05) is 18.0 Å². The topological polar surface area (TPSA) is 73.8 Å². The Labute approximate surface area is 212 Å². The van der Waals surface area contributed by atoms with E-state index in [0.717, 1.165) is 66.0 Å². The average molecular weight is 480 g/mol. The molecule has 1 aromatic carbocycles. The minimum atomic E-state index is 0.601. The van der Waals surface area contributed by atoms with E-state index in [9.17, 15) is 0 Å². The SMILES string of the molecule is CCc1ccc(CN2C3CC2CN(c2ccc(-c4nc(C)cc(Cc5cc(C)[nH]n5)n4)cn2)C3)cc1. The Balaban J connectivity index is 1.11. The fourth-order valence-electron chi connectivity index (χ4n) is 5.53. The second-order valence-corrected chi connectivity index (χ2v) is 10.2. The smallest absolute Gasteiger partial charge is 0.161 e. The highest BCUT2D eigenvalue weighted by Gasteiger charge is 2.44. The molecule has 3 saturated heterocycles. The Bertz CT molecular complexity index is 1330. The van der Waals surface area contributed by atoms with Gasteiger partial charge in [0.25, 0.3) is 0 Å². The predicted octanol–water partition coefficient (Wildman–Crippen LogP) is 4.49. The third-order valence-electron chi connectivity index (χ3n) is 7.50. The summed E-state index contributed by atoms with van der Waals surface area (Å²) in [5.41, 5.74) is 7.73. The Morgan fingerprint density at radius 2 is 1.69 bits per heavy atom. The highest BCUT2D eigenvalue weighted by atomic mass is 15.4. The Morgan fingerprint density at radius 1 is 0.917 bits per heavy atom. The van der Waals surface area contributed by atoms with E-state index in [-0.39, 0.29) is 0 Å². The van der Waals surface area contributed by atoms with Crippen LogP contribution in [0.15, 0.2) is 54.7 Å². The maximum absolute atomic E-state index is 4.82. The summed E-state index contributed by atoms with van der Waals surface area (Å²) in [5.74, 6) is 1.76. The molecule has 184 valence electrons. The minimum Gasteiger partial charge on any atom is -0.353 e. The van der Waals surface area contributed by atoms with Crippen molar-refractivity contribution in [2.45, 2.75) is 58.7 Å². The molecule has 3 fully saturated rings. The molecule has 0 spiro atoms. The molecule has 0 amide bonds. The standard InChI is InChI=1S/C29H33N7/c1-4-21-5-7-22(8-6-21)16-36-26-14-27(36)18-35(17-26)28-10-9-23(15-30-28)29-31-19(2)11-24(32-29)13-25-12-20(3)33-34-25/h5-12,15,26-27H,4,13-14,16-18H2,1-3H3,(H,33,34). The van der Waals surface area contributed by atoms with E-state index in [1.54, 1.807) is 0 Å². The number of aryl methyl sites for hydroxylation is 3. The highest BCUT2D eigenvalue weighted by Crippen LogP contribution is 2.35. The quantitative estimate of drug-likeness (QED) is 0.421. The van der Waals surface area contributed by atoms with Gasteiger partial charge < -0.3 is 4.90 Å². The largest absolute Gasteiger partial charge is 0.353 e. The zero-order chi connectivity index (χ0) is 24.6. The molecule has 2 atom stereocenters. The summed E-state index contributed by atoms with van der Waals surface area (Å²) >= 11 is 0. The second kappa shape index (κ2) is 9.47. The lowest BCUT2D eigenvalue weighted by Gasteiger charge is -2.56. The van der Waals surface area contributed by atoms with Crippen LogP contribution < -0.4 is 4.90 Å². The fraction of sp³-hybridized carbons (Fsp3) is 0.379. The molecule has 0 saturated carbocycles. The average Bonchev–Trinajstić information content (AvgIpc) is 3.31. The van der Waals surface area contributed by atoms with Crippen molar-refractivity contribution in [1.82, 2.24) is 30.0 Å². The number of rotatable bonds is 7. The number of H-pyrrole nitrogens is 1. The third-order valence-corrected chi connectivity index (χ3v) is 7.50. The van der Waals surface area contributed by atoms with E-state index >= 15 is 0 Å². The molecule has 3 aromatic heterocycles. The Hall–Kier alpha value is -3.58. The molecule has 6 heterocycles. The zero-order valence-corrected chi connectivity index (χ0v) is 21.3. The summed E-state index contributed by atoms with van der Waals surface area (Å²) < 4.78 is 0. The van der Waals surface area contributed by atoms with E-state index < -0.39 is 0 Å². The second-order valence-electron chi connectivity index (χ2n) is 10.2. The maximum Gasteiger partial charge on any atom is 0.161 e. The van der Waals surface area contributed by atoms with Crippen LogP contribution in [0.2, 0.25) is 0 Å². The number of pyridine rings is 1. The molecular weight excluding hydrogens is 446 g/mol. The number of anilines is 1. The van der Waals surface area contributed by atoms with Crippen LogP contribution in [0.5, 0.6) is 0 Å². The zero-order valence-electron chi connectivity index (χ0n) is 21.3. The lowest BCUT2D eigenvalue weighted by atomic mass is 9.86. The first-order chi connectivity index (χ1) is 17.5. The Morgan fingerprint density at radius 3 is 2.36 bits per heavy atom. The van der Waals surface area contributed by atoms with Gasteiger partial charge in [-0.3, -0.25) is 10.00 Å². The van der Waals surface area contributed by atoms with Gasteiger partial charge in [-0.1, -0.05) is 31.2 Å². The molecule has 2 unspecified atom stereocenters. The van der Waals surface area contributed by atoms with Gasteiger partial charge in [0.2, 0.25) is 0 Å². The van der Waals surface area contributed by atoms with E-state index in [1.807, 2.05) is 26.1 Å². The molecule has 7 heteroatoms. The van der Waals surface area contributed by atoms with Crippen LogP contribution in [-0.2, 0) is 19.4 Å². The number of benzene rings is 1. The number of aromatic amines is 1. The number of hydrogen-bond donors (Lipinski definition) is 1. The summed E-state index contributed by atoms with van der Waals surface area (Å²) in [5, 5.41) is 7.35. The van der Waals surface area contributed by atoms with Crippen molar-refractivity contribution in [3.05, 3.63) is 88.6 Å². The van der Waals surface area contributed by atoms with Crippen molar-refractivity contribution < 1.29 is 0 Å². The van der Waals surface area contributed by atoms with Gasteiger partial charge in [-0.15, -0.1) is 0 Å². The lowest BCUT2D eigenvalue weighted by molar-refractivity contribution is -0.00868. The van der Waals surface area contributed by atoms with E-state index in [4.69, 9.17) is 9.97 Å². The summed E-state index contributed by atoms with van der Waals surface area (Å²) in [6.45, 7) is 9.34.